The van der Waals surface area contributed by atoms with Crippen molar-refractivity contribution < 1.29 is 15.0 Å². The molecular formula is C11H21NO3. The van der Waals surface area contributed by atoms with E-state index in [4.69, 9.17) is 5.11 Å². The van der Waals surface area contributed by atoms with Gasteiger partial charge in [0.2, 0.25) is 0 Å². The number of carboxylic acid groups (broad SMARTS) is 1. The molecule has 88 valence electrons. The van der Waals surface area contributed by atoms with E-state index in [1.807, 2.05) is 6.92 Å². The molecule has 15 heavy (non-hydrogen) atoms. The largest absolute Gasteiger partial charge is 0.481 e. The van der Waals surface area contributed by atoms with E-state index in [0.717, 1.165) is 25.7 Å². The number of nitrogens with one attached hydrogen (secondary N) is 1. The molecule has 1 rings (SSSR count). The summed E-state index contributed by atoms with van der Waals surface area (Å²) in [6.45, 7) is 3.66. The van der Waals surface area contributed by atoms with Gasteiger partial charge in [-0.25, -0.2) is 0 Å². The van der Waals surface area contributed by atoms with E-state index < -0.39 is 11.9 Å². The lowest BCUT2D eigenvalue weighted by atomic mass is 9.94. The Balaban J connectivity index is 2.55. The van der Waals surface area contributed by atoms with Crippen molar-refractivity contribution in [2.45, 2.75) is 51.1 Å². The highest BCUT2D eigenvalue weighted by Gasteiger charge is 2.35. The standard InChI is InChI=1S/C11H21NO3/c1-8(10(14)15)9(2)12-11(7-13)5-3-4-6-11/h8-9,12-13H,3-7H2,1-2H3,(H,14,15). The fourth-order valence-electron chi connectivity index (χ4n) is 2.22. The Morgan fingerprint density at radius 1 is 1.40 bits per heavy atom. The second kappa shape index (κ2) is 4.94. The number of hydrogen-bond acceptors (Lipinski definition) is 3. The van der Waals surface area contributed by atoms with Gasteiger partial charge in [-0.15, -0.1) is 0 Å². The molecule has 0 aromatic heterocycles. The minimum atomic E-state index is -0.791. The van der Waals surface area contributed by atoms with Crippen LogP contribution in [0.2, 0.25) is 0 Å². The summed E-state index contributed by atoms with van der Waals surface area (Å²) < 4.78 is 0. The maximum atomic E-state index is 10.8. The van der Waals surface area contributed by atoms with Crippen molar-refractivity contribution in [2.75, 3.05) is 6.61 Å². The molecule has 0 aromatic rings. The summed E-state index contributed by atoms with van der Waals surface area (Å²) in [6.07, 6.45) is 4.11. The van der Waals surface area contributed by atoms with Crippen LogP contribution in [-0.2, 0) is 4.79 Å². The van der Waals surface area contributed by atoms with Crippen LogP contribution >= 0.6 is 0 Å². The van der Waals surface area contributed by atoms with Crippen molar-refractivity contribution in [1.29, 1.82) is 0 Å². The van der Waals surface area contributed by atoms with Crippen LogP contribution in [0.4, 0.5) is 0 Å². The Hall–Kier alpha value is -0.610. The minimum Gasteiger partial charge on any atom is -0.481 e. The van der Waals surface area contributed by atoms with Crippen molar-refractivity contribution >= 4 is 5.97 Å². The summed E-state index contributed by atoms with van der Waals surface area (Å²) in [5.41, 5.74) is -0.233. The van der Waals surface area contributed by atoms with Gasteiger partial charge in [0, 0.05) is 11.6 Å². The van der Waals surface area contributed by atoms with Crippen molar-refractivity contribution in [2.24, 2.45) is 5.92 Å². The number of aliphatic hydroxyl groups is 1. The van der Waals surface area contributed by atoms with Gasteiger partial charge in [0.15, 0.2) is 0 Å². The topological polar surface area (TPSA) is 69.6 Å². The molecule has 1 aliphatic rings. The van der Waals surface area contributed by atoms with Crippen molar-refractivity contribution in [1.82, 2.24) is 5.32 Å². The van der Waals surface area contributed by atoms with E-state index in [1.54, 1.807) is 6.92 Å². The van der Waals surface area contributed by atoms with Crippen LogP contribution in [0.25, 0.3) is 0 Å². The molecule has 2 atom stereocenters. The van der Waals surface area contributed by atoms with E-state index in [2.05, 4.69) is 5.32 Å². The zero-order valence-electron chi connectivity index (χ0n) is 9.49. The Kier molecular flexibility index (Phi) is 4.11. The second-order valence-electron chi connectivity index (χ2n) is 4.71. The molecule has 4 nitrogen and oxygen atoms in total. The second-order valence-corrected chi connectivity index (χ2v) is 4.71. The summed E-state index contributed by atoms with van der Waals surface area (Å²) in [5, 5.41) is 21.5. The number of rotatable bonds is 5. The van der Waals surface area contributed by atoms with Gasteiger partial charge in [-0.3, -0.25) is 4.79 Å². The minimum absolute atomic E-state index is 0.101. The lowest BCUT2D eigenvalue weighted by Crippen LogP contribution is -2.53. The normalized spacial score (nSPS) is 23.7. The van der Waals surface area contributed by atoms with E-state index in [-0.39, 0.29) is 18.2 Å². The maximum Gasteiger partial charge on any atom is 0.307 e. The van der Waals surface area contributed by atoms with Crippen LogP contribution in [0, 0.1) is 5.92 Å². The highest BCUT2D eigenvalue weighted by atomic mass is 16.4. The maximum absolute atomic E-state index is 10.8. The van der Waals surface area contributed by atoms with Gasteiger partial charge in [-0.1, -0.05) is 19.8 Å². The van der Waals surface area contributed by atoms with Crippen LogP contribution in [-0.4, -0.2) is 34.4 Å². The fourth-order valence-corrected chi connectivity index (χ4v) is 2.22. The van der Waals surface area contributed by atoms with E-state index in [0.29, 0.717) is 0 Å². The Labute approximate surface area is 90.7 Å². The molecule has 0 amide bonds. The molecule has 1 aliphatic carbocycles. The third-order valence-corrected chi connectivity index (χ3v) is 3.54. The molecule has 0 aromatic carbocycles. The number of carbonyl (C=O) groups is 1. The van der Waals surface area contributed by atoms with E-state index in [9.17, 15) is 9.90 Å². The first-order valence-corrected chi connectivity index (χ1v) is 5.62. The van der Waals surface area contributed by atoms with E-state index in [1.165, 1.54) is 0 Å². The molecule has 0 radical (unpaired) electrons. The quantitative estimate of drug-likeness (QED) is 0.639. The lowest BCUT2D eigenvalue weighted by molar-refractivity contribution is -0.142. The SMILES string of the molecule is CC(NC1(CO)CCCC1)C(C)C(=O)O. The Bertz CT molecular complexity index is 224. The first-order valence-electron chi connectivity index (χ1n) is 5.62. The number of aliphatic hydroxyl groups excluding tert-OH is 1. The zero-order valence-corrected chi connectivity index (χ0v) is 9.49. The van der Waals surface area contributed by atoms with Crippen LogP contribution in [0.15, 0.2) is 0 Å². The molecule has 2 unspecified atom stereocenters. The van der Waals surface area contributed by atoms with Crippen molar-refractivity contribution in [3.63, 3.8) is 0 Å². The third kappa shape index (κ3) is 2.92. The van der Waals surface area contributed by atoms with Gasteiger partial charge in [0.05, 0.1) is 12.5 Å². The van der Waals surface area contributed by atoms with Gasteiger partial charge in [-0.05, 0) is 19.8 Å². The third-order valence-electron chi connectivity index (χ3n) is 3.54. The molecule has 0 aliphatic heterocycles. The fraction of sp³-hybridized carbons (Fsp3) is 0.909. The van der Waals surface area contributed by atoms with Crippen LogP contribution < -0.4 is 5.32 Å². The van der Waals surface area contributed by atoms with Gasteiger partial charge in [0.1, 0.15) is 0 Å². The molecule has 0 heterocycles. The number of aliphatic carboxylic acids is 1. The summed E-state index contributed by atoms with van der Waals surface area (Å²) >= 11 is 0. The molecule has 1 saturated carbocycles. The van der Waals surface area contributed by atoms with Crippen molar-refractivity contribution in [3.8, 4) is 0 Å². The van der Waals surface area contributed by atoms with Gasteiger partial charge in [-0.2, -0.15) is 0 Å². The average Bonchev–Trinajstić information content (AvgIpc) is 2.65. The summed E-state index contributed by atoms with van der Waals surface area (Å²) in [5.74, 6) is -1.21. The van der Waals surface area contributed by atoms with Crippen LogP contribution in [0.3, 0.4) is 0 Å². The number of carboxylic acids is 1. The van der Waals surface area contributed by atoms with Gasteiger partial charge >= 0.3 is 5.97 Å². The Morgan fingerprint density at radius 3 is 2.33 bits per heavy atom. The summed E-state index contributed by atoms with van der Waals surface area (Å²) in [7, 11) is 0. The van der Waals surface area contributed by atoms with Gasteiger partial charge < -0.3 is 15.5 Å². The first kappa shape index (κ1) is 12.5. The zero-order chi connectivity index (χ0) is 11.5. The predicted molar refractivity (Wildman–Crippen MR) is 57.7 cm³/mol. The molecule has 0 bridgehead atoms. The monoisotopic (exact) mass is 215 g/mol. The van der Waals surface area contributed by atoms with E-state index >= 15 is 0 Å². The smallest absolute Gasteiger partial charge is 0.307 e. The molecule has 1 fully saturated rings. The molecule has 0 spiro atoms. The van der Waals surface area contributed by atoms with Crippen LogP contribution in [0.1, 0.15) is 39.5 Å². The predicted octanol–water partition coefficient (Wildman–Crippen LogP) is 0.990. The summed E-state index contributed by atoms with van der Waals surface area (Å²) in [4.78, 5) is 10.8. The van der Waals surface area contributed by atoms with Gasteiger partial charge in [0.25, 0.3) is 0 Å². The molecular weight excluding hydrogens is 194 g/mol. The molecule has 0 saturated heterocycles. The number of hydrogen-bond donors (Lipinski definition) is 3. The highest BCUT2D eigenvalue weighted by Crippen LogP contribution is 2.30. The first-order chi connectivity index (χ1) is 7.01. The average molecular weight is 215 g/mol. The molecule has 4 heteroatoms. The summed E-state index contributed by atoms with van der Waals surface area (Å²) in [6, 6.07) is -0.104. The van der Waals surface area contributed by atoms with Crippen LogP contribution in [0.5, 0.6) is 0 Å². The van der Waals surface area contributed by atoms with Crippen molar-refractivity contribution in [3.05, 3.63) is 0 Å². The highest BCUT2D eigenvalue weighted by molar-refractivity contribution is 5.70. The lowest BCUT2D eigenvalue weighted by Gasteiger charge is -2.33. The molecule has 3 N–H and O–H groups in total. The Morgan fingerprint density at radius 2 is 1.93 bits per heavy atom.